The molecule has 0 aliphatic carbocycles. The minimum atomic E-state index is 0.667. The van der Waals surface area contributed by atoms with Crippen LogP contribution in [0.4, 0.5) is 0 Å². The number of hydrogen-bond acceptors (Lipinski definition) is 4. The maximum absolute atomic E-state index is 5.83. The summed E-state index contributed by atoms with van der Waals surface area (Å²) in [4.78, 5) is 4.91. The quantitative estimate of drug-likeness (QED) is 0.865. The van der Waals surface area contributed by atoms with Crippen molar-refractivity contribution in [3.05, 3.63) is 23.2 Å². The third-order valence-corrected chi connectivity index (χ3v) is 4.26. The van der Waals surface area contributed by atoms with E-state index >= 15 is 0 Å². The lowest BCUT2D eigenvalue weighted by Crippen LogP contribution is -2.44. The summed E-state index contributed by atoms with van der Waals surface area (Å²) < 4.78 is 5.83. The van der Waals surface area contributed by atoms with Crippen LogP contribution in [0.5, 0.6) is 0 Å². The normalized spacial score (nSPS) is 20.8. The number of furan rings is 1. The van der Waals surface area contributed by atoms with Gasteiger partial charge in [-0.25, -0.2) is 0 Å². The number of likely N-dealkylation sites (N-methyl/N-ethyl adjacent to an activating group) is 2. The molecule has 0 aromatic carbocycles. The fraction of sp³-hybridized carbons (Fsp3) is 0.750. The van der Waals surface area contributed by atoms with Crippen molar-refractivity contribution in [2.24, 2.45) is 0 Å². The summed E-state index contributed by atoms with van der Waals surface area (Å²) in [5.41, 5.74) is 1.33. The Morgan fingerprint density at radius 2 is 2.30 bits per heavy atom. The number of nitrogens with one attached hydrogen (secondary N) is 1. The lowest BCUT2D eigenvalue weighted by atomic mass is 10.0. The van der Waals surface area contributed by atoms with Gasteiger partial charge in [-0.15, -0.1) is 0 Å². The van der Waals surface area contributed by atoms with E-state index in [0.29, 0.717) is 6.04 Å². The number of aryl methyl sites for hydroxylation is 1. The van der Waals surface area contributed by atoms with Crippen LogP contribution in [0.15, 0.2) is 10.5 Å². The van der Waals surface area contributed by atoms with Crippen molar-refractivity contribution in [2.45, 2.75) is 45.8 Å². The molecule has 0 saturated carbocycles. The van der Waals surface area contributed by atoms with Crippen LogP contribution >= 0.6 is 0 Å². The standard InChI is InChI=1S/C16H29N3O/c1-5-17-10-16-9-14(13(2)20-16)11-19(4)15-7-6-8-18(3)12-15/h9,15,17H,5-8,10-12H2,1-4H3. The van der Waals surface area contributed by atoms with Gasteiger partial charge in [0.2, 0.25) is 0 Å². The Hall–Kier alpha value is -0.840. The molecular weight excluding hydrogens is 250 g/mol. The Morgan fingerprint density at radius 1 is 1.50 bits per heavy atom. The van der Waals surface area contributed by atoms with Gasteiger partial charge in [0.15, 0.2) is 0 Å². The Morgan fingerprint density at radius 3 is 3.00 bits per heavy atom. The average molecular weight is 279 g/mol. The van der Waals surface area contributed by atoms with E-state index in [4.69, 9.17) is 4.42 Å². The summed E-state index contributed by atoms with van der Waals surface area (Å²) in [6.07, 6.45) is 2.61. The Bertz CT molecular complexity index is 416. The molecule has 2 rings (SSSR count). The van der Waals surface area contributed by atoms with Crippen molar-refractivity contribution in [2.75, 3.05) is 33.7 Å². The van der Waals surface area contributed by atoms with Crippen molar-refractivity contribution in [1.29, 1.82) is 0 Å². The number of likely N-dealkylation sites (tertiary alicyclic amines) is 1. The second-order valence-corrected chi connectivity index (χ2v) is 6.05. The molecule has 20 heavy (non-hydrogen) atoms. The number of piperidine rings is 1. The first kappa shape index (κ1) is 15.5. The molecule has 1 fully saturated rings. The molecule has 4 nitrogen and oxygen atoms in total. The SMILES string of the molecule is CCNCc1cc(CN(C)C2CCCN(C)C2)c(C)o1. The lowest BCUT2D eigenvalue weighted by Gasteiger charge is -2.35. The molecule has 0 amide bonds. The van der Waals surface area contributed by atoms with Gasteiger partial charge in [-0.2, -0.15) is 0 Å². The van der Waals surface area contributed by atoms with E-state index in [1.54, 1.807) is 0 Å². The third kappa shape index (κ3) is 4.08. The minimum Gasteiger partial charge on any atom is -0.465 e. The molecule has 1 N–H and O–H groups in total. The smallest absolute Gasteiger partial charge is 0.118 e. The second kappa shape index (κ2) is 7.25. The molecule has 4 heteroatoms. The first-order chi connectivity index (χ1) is 9.60. The maximum atomic E-state index is 5.83. The Labute approximate surface area is 123 Å². The predicted octanol–water partition coefficient (Wildman–Crippen LogP) is 2.22. The molecule has 114 valence electrons. The van der Waals surface area contributed by atoms with E-state index < -0.39 is 0 Å². The van der Waals surface area contributed by atoms with Crippen LogP contribution < -0.4 is 5.32 Å². The number of hydrogen-bond donors (Lipinski definition) is 1. The zero-order valence-electron chi connectivity index (χ0n) is 13.4. The summed E-state index contributed by atoms with van der Waals surface area (Å²) >= 11 is 0. The number of nitrogens with zero attached hydrogens (tertiary/aromatic N) is 2. The highest BCUT2D eigenvalue weighted by Gasteiger charge is 2.22. The molecule has 1 unspecified atom stereocenters. The summed E-state index contributed by atoms with van der Waals surface area (Å²) in [6, 6.07) is 2.88. The van der Waals surface area contributed by atoms with Gasteiger partial charge in [0.1, 0.15) is 11.5 Å². The predicted molar refractivity (Wildman–Crippen MR) is 82.8 cm³/mol. The van der Waals surface area contributed by atoms with E-state index in [1.165, 1.54) is 31.5 Å². The second-order valence-electron chi connectivity index (χ2n) is 6.05. The molecule has 1 aromatic rings. The third-order valence-electron chi connectivity index (χ3n) is 4.26. The van der Waals surface area contributed by atoms with Crippen LogP contribution in [0.2, 0.25) is 0 Å². The molecule has 1 aliphatic rings. The summed E-state index contributed by atoms with van der Waals surface area (Å²) in [5, 5.41) is 3.31. The molecule has 1 saturated heterocycles. The van der Waals surface area contributed by atoms with Gasteiger partial charge in [0.25, 0.3) is 0 Å². The molecule has 0 bridgehead atoms. The van der Waals surface area contributed by atoms with Crippen LogP contribution in [0.1, 0.15) is 36.8 Å². The van der Waals surface area contributed by atoms with Crippen LogP contribution in [0.3, 0.4) is 0 Å². The van der Waals surface area contributed by atoms with Crippen LogP contribution in [-0.4, -0.2) is 49.6 Å². The van der Waals surface area contributed by atoms with Crippen LogP contribution in [-0.2, 0) is 13.1 Å². The minimum absolute atomic E-state index is 0.667. The molecular formula is C16H29N3O. The van der Waals surface area contributed by atoms with E-state index in [-0.39, 0.29) is 0 Å². The van der Waals surface area contributed by atoms with Crippen molar-refractivity contribution in [3.63, 3.8) is 0 Å². The highest BCUT2D eigenvalue weighted by Crippen LogP contribution is 2.20. The summed E-state index contributed by atoms with van der Waals surface area (Å²) in [7, 11) is 4.46. The Balaban J connectivity index is 1.93. The highest BCUT2D eigenvalue weighted by molar-refractivity contribution is 5.20. The monoisotopic (exact) mass is 279 g/mol. The maximum Gasteiger partial charge on any atom is 0.118 e. The summed E-state index contributed by atoms with van der Waals surface area (Å²) in [5.74, 6) is 2.11. The van der Waals surface area contributed by atoms with Gasteiger partial charge >= 0.3 is 0 Å². The lowest BCUT2D eigenvalue weighted by molar-refractivity contribution is 0.129. The topological polar surface area (TPSA) is 31.6 Å². The van der Waals surface area contributed by atoms with Gasteiger partial charge in [0.05, 0.1) is 6.54 Å². The van der Waals surface area contributed by atoms with Crippen molar-refractivity contribution in [1.82, 2.24) is 15.1 Å². The molecule has 2 heterocycles. The molecule has 0 radical (unpaired) electrons. The van der Waals surface area contributed by atoms with Crippen LogP contribution in [0.25, 0.3) is 0 Å². The van der Waals surface area contributed by atoms with E-state index in [1.807, 2.05) is 0 Å². The molecule has 0 spiro atoms. The summed E-state index contributed by atoms with van der Waals surface area (Å²) in [6.45, 7) is 9.39. The Kier molecular flexibility index (Phi) is 5.64. The average Bonchev–Trinajstić information content (AvgIpc) is 2.77. The van der Waals surface area contributed by atoms with Gasteiger partial charge in [-0.1, -0.05) is 6.92 Å². The van der Waals surface area contributed by atoms with Crippen molar-refractivity contribution < 1.29 is 4.42 Å². The largest absolute Gasteiger partial charge is 0.465 e. The first-order valence-corrected chi connectivity index (χ1v) is 7.77. The fourth-order valence-corrected chi connectivity index (χ4v) is 2.98. The zero-order valence-corrected chi connectivity index (χ0v) is 13.4. The fourth-order valence-electron chi connectivity index (χ4n) is 2.98. The molecule has 1 aliphatic heterocycles. The van der Waals surface area contributed by atoms with Crippen molar-refractivity contribution >= 4 is 0 Å². The van der Waals surface area contributed by atoms with E-state index in [0.717, 1.165) is 31.2 Å². The number of rotatable bonds is 6. The van der Waals surface area contributed by atoms with E-state index in [9.17, 15) is 0 Å². The van der Waals surface area contributed by atoms with Crippen molar-refractivity contribution in [3.8, 4) is 0 Å². The first-order valence-electron chi connectivity index (χ1n) is 7.77. The van der Waals surface area contributed by atoms with Gasteiger partial charge in [-0.3, -0.25) is 4.90 Å². The van der Waals surface area contributed by atoms with E-state index in [2.05, 4.69) is 49.1 Å². The highest BCUT2D eigenvalue weighted by atomic mass is 16.3. The molecule has 1 atom stereocenters. The van der Waals surface area contributed by atoms with Crippen LogP contribution in [0, 0.1) is 6.92 Å². The van der Waals surface area contributed by atoms with Gasteiger partial charge < -0.3 is 14.6 Å². The van der Waals surface area contributed by atoms with Gasteiger partial charge in [-0.05, 0) is 53.0 Å². The zero-order chi connectivity index (χ0) is 14.5. The molecule has 1 aromatic heterocycles. The van der Waals surface area contributed by atoms with Gasteiger partial charge in [0, 0.05) is 24.7 Å².